The SMILES string of the molecule is COc1cccc(OC(=O)C2CSCN2C(=O)c2ccccc2)c1. The molecule has 2 aromatic carbocycles. The number of methoxy groups -OCH3 is 1. The molecule has 3 rings (SSSR count). The molecule has 0 bridgehead atoms. The van der Waals surface area contributed by atoms with Crippen LogP contribution in [0.5, 0.6) is 11.5 Å². The maximum atomic E-state index is 12.6. The summed E-state index contributed by atoms with van der Waals surface area (Å²) in [4.78, 5) is 26.6. The smallest absolute Gasteiger partial charge is 0.335 e. The lowest BCUT2D eigenvalue weighted by atomic mass is 10.2. The summed E-state index contributed by atoms with van der Waals surface area (Å²) in [5, 5.41) is 0. The fourth-order valence-corrected chi connectivity index (χ4v) is 3.57. The molecule has 0 aliphatic carbocycles. The average Bonchev–Trinajstić information content (AvgIpc) is 3.12. The molecule has 1 fully saturated rings. The Morgan fingerprint density at radius 2 is 1.83 bits per heavy atom. The first-order chi connectivity index (χ1) is 11.7. The van der Waals surface area contributed by atoms with Crippen molar-refractivity contribution < 1.29 is 19.1 Å². The highest BCUT2D eigenvalue weighted by molar-refractivity contribution is 7.99. The molecule has 0 aromatic heterocycles. The molecule has 124 valence electrons. The predicted molar refractivity (Wildman–Crippen MR) is 92.4 cm³/mol. The summed E-state index contributed by atoms with van der Waals surface area (Å²) >= 11 is 1.54. The summed E-state index contributed by atoms with van der Waals surface area (Å²) < 4.78 is 10.6. The first kappa shape index (κ1) is 16.4. The van der Waals surface area contributed by atoms with Gasteiger partial charge >= 0.3 is 5.97 Å². The Balaban J connectivity index is 1.72. The van der Waals surface area contributed by atoms with Crippen LogP contribution >= 0.6 is 11.8 Å². The van der Waals surface area contributed by atoms with Crippen LogP contribution in [0.3, 0.4) is 0 Å². The molecular formula is C18H17NO4S. The molecule has 1 aliphatic heterocycles. The third kappa shape index (κ3) is 3.54. The van der Waals surface area contributed by atoms with E-state index < -0.39 is 12.0 Å². The summed E-state index contributed by atoms with van der Waals surface area (Å²) in [5.74, 6) is 1.43. The van der Waals surface area contributed by atoms with Crippen molar-refractivity contribution in [2.45, 2.75) is 6.04 Å². The van der Waals surface area contributed by atoms with Crippen molar-refractivity contribution in [3.05, 3.63) is 60.2 Å². The molecule has 0 spiro atoms. The van der Waals surface area contributed by atoms with Crippen molar-refractivity contribution in [3.63, 3.8) is 0 Å². The third-order valence-electron chi connectivity index (χ3n) is 3.70. The maximum Gasteiger partial charge on any atom is 0.335 e. The zero-order chi connectivity index (χ0) is 16.9. The number of rotatable bonds is 4. The Hall–Kier alpha value is -2.47. The molecule has 1 heterocycles. The van der Waals surface area contributed by atoms with E-state index in [4.69, 9.17) is 9.47 Å². The van der Waals surface area contributed by atoms with Gasteiger partial charge in [-0.2, -0.15) is 0 Å². The summed E-state index contributed by atoms with van der Waals surface area (Å²) in [6.07, 6.45) is 0. The van der Waals surface area contributed by atoms with Crippen LogP contribution in [0.25, 0.3) is 0 Å². The quantitative estimate of drug-likeness (QED) is 0.631. The number of benzene rings is 2. The van der Waals surface area contributed by atoms with Crippen LogP contribution in [0, 0.1) is 0 Å². The van der Waals surface area contributed by atoms with Gasteiger partial charge in [0.15, 0.2) is 0 Å². The minimum atomic E-state index is -0.589. The number of thioether (sulfide) groups is 1. The van der Waals surface area contributed by atoms with Crippen LogP contribution in [0.4, 0.5) is 0 Å². The lowest BCUT2D eigenvalue weighted by molar-refractivity contribution is -0.138. The van der Waals surface area contributed by atoms with Crippen LogP contribution < -0.4 is 9.47 Å². The number of carbonyl (C=O) groups excluding carboxylic acids is 2. The molecule has 0 saturated carbocycles. The van der Waals surface area contributed by atoms with E-state index in [0.29, 0.717) is 28.7 Å². The van der Waals surface area contributed by atoms with Gasteiger partial charge in [0.2, 0.25) is 0 Å². The summed E-state index contributed by atoms with van der Waals surface area (Å²) in [6.45, 7) is 0. The second kappa shape index (κ2) is 7.40. The second-order valence-corrected chi connectivity index (χ2v) is 6.26. The molecule has 0 radical (unpaired) electrons. The van der Waals surface area contributed by atoms with Gasteiger partial charge in [-0.25, -0.2) is 4.79 Å². The van der Waals surface area contributed by atoms with Gasteiger partial charge in [0.05, 0.1) is 13.0 Å². The zero-order valence-corrected chi connectivity index (χ0v) is 14.0. The monoisotopic (exact) mass is 343 g/mol. The highest BCUT2D eigenvalue weighted by atomic mass is 32.2. The predicted octanol–water partition coefficient (Wildman–Crippen LogP) is 2.82. The van der Waals surface area contributed by atoms with Crippen molar-refractivity contribution in [1.82, 2.24) is 4.90 Å². The van der Waals surface area contributed by atoms with Gasteiger partial charge in [0.25, 0.3) is 5.91 Å². The van der Waals surface area contributed by atoms with E-state index in [2.05, 4.69) is 0 Å². The topological polar surface area (TPSA) is 55.8 Å². The normalized spacial score (nSPS) is 16.7. The van der Waals surface area contributed by atoms with Crippen molar-refractivity contribution in [1.29, 1.82) is 0 Å². The zero-order valence-electron chi connectivity index (χ0n) is 13.2. The van der Waals surface area contributed by atoms with Gasteiger partial charge in [-0.1, -0.05) is 24.3 Å². The summed E-state index contributed by atoms with van der Waals surface area (Å²) in [6, 6.07) is 15.2. The van der Waals surface area contributed by atoms with E-state index >= 15 is 0 Å². The van der Waals surface area contributed by atoms with Crippen LogP contribution in [0.15, 0.2) is 54.6 Å². The number of carbonyl (C=O) groups is 2. The van der Waals surface area contributed by atoms with E-state index in [1.54, 1.807) is 60.5 Å². The lowest BCUT2D eigenvalue weighted by Crippen LogP contribution is -2.43. The second-order valence-electron chi connectivity index (χ2n) is 5.26. The lowest BCUT2D eigenvalue weighted by Gasteiger charge is -2.22. The van der Waals surface area contributed by atoms with Gasteiger partial charge in [-0.15, -0.1) is 11.8 Å². The summed E-state index contributed by atoms with van der Waals surface area (Å²) in [5.41, 5.74) is 0.569. The Morgan fingerprint density at radius 1 is 1.08 bits per heavy atom. The van der Waals surface area contributed by atoms with E-state index in [9.17, 15) is 9.59 Å². The standard InChI is InChI=1S/C18H17NO4S/c1-22-14-8-5-9-15(10-14)23-18(21)16-11-24-12-19(16)17(20)13-6-3-2-4-7-13/h2-10,16H,11-12H2,1H3. The molecule has 24 heavy (non-hydrogen) atoms. The minimum Gasteiger partial charge on any atom is -0.497 e. The van der Waals surface area contributed by atoms with Crippen LogP contribution in [-0.2, 0) is 4.79 Å². The van der Waals surface area contributed by atoms with Crippen molar-refractivity contribution >= 4 is 23.6 Å². The van der Waals surface area contributed by atoms with E-state index in [0.717, 1.165) is 0 Å². The third-order valence-corrected chi connectivity index (χ3v) is 4.71. The van der Waals surface area contributed by atoms with Gasteiger partial charge in [0, 0.05) is 17.4 Å². The molecule has 2 aromatic rings. The molecule has 1 aliphatic rings. The summed E-state index contributed by atoms with van der Waals surface area (Å²) in [7, 11) is 1.55. The van der Waals surface area contributed by atoms with Crippen molar-refractivity contribution in [3.8, 4) is 11.5 Å². The molecule has 0 N–H and O–H groups in total. The first-order valence-corrected chi connectivity index (χ1v) is 8.64. The van der Waals surface area contributed by atoms with Crippen molar-refractivity contribution in [2.24, 2.45) is 0 Å². The number of hydrogen-bond donors (Lipinski definition) is 0. The molecule has 1 atom stereocenters. The molecule has 6 heteroatoms. The van der Waals surface area contributed by atoms with Gasteiger partial charge in [-0.05, 0) is 24.3 Å². The van der Waals surface area contributed by atoms with Gasteiger partial charge in [-0.3, -0.25) is 4.79 Å². The molecule has 1 saturated heterocycles. The molecule has 1 unspecified atom stereocenters. The average molecular weight is 343 g/mol. The number of ether oxygens (including phenoxy) is 2. The van der Waals surface area contributed by atoms with Crippen LogP contribution in [0.1, 0.15) is 10.4 Å². The van der Waals surface area contributed by atoms with E-state index in [-0.39, 0.29) is 5.91 Å². The number of amides is 1. The molecular weight excluding hydrogens is 326 g/mol. The molecule has 1 amide bonds. The van der Waals surface area contributed by atoms with Gasteiger partial charge < -0.3 is 14.4 Å². The Bertz CT molecular complexity index is 735. The van der Waals surface area contributed by atoms with Crippen LogP contribution in [0.2, 0.25) is 0 Å². The Labute approximate surface area is 144 Å². The Kier molecular flexibility index (Phi) is 5.05. The number of hydrogen-bond acceptors (Lipinski definition) is 5. The van der Waals surface area contributed by atoms with E-state index in [1.165, 1.54) is 11.8 Å². The minimum absolute atomic E-state index is 0.159. The molecule has 5 nitrogen and oxygen atoms in total. The fourth-order valence-electron chi connectivity index (χ4n) is 2.43. The number of nitrogens with zero attached hydrogens (tertiary/aromatic N) is 1. The van der Waals surface area contributed by atoms with E-state index in [1.807, 2.05) is 6.07 Å². The number of esters is 1. The fraction of sp³-hybridized carbons (Fsp3) is 0.222. The van der Waals surface area contributed by atoms with Gasteiger partial charge in [0.1, 0.15) is 17.5 Å². The Morgan fingerprint density at radius 3 is 2.58 bits per heavy atom. The largest absolute Gasteiger partial charge is 0.497 e. The highest BCUT2D eigenvalue weighted by Crippen LogP contribution is 2.26. The highest BCUT2D eigenvalue weighted by Gasteiger charge is 2.36. The van der Waals surface area contributed by atoms with Crippen molar-refractivity contribution in [2.75, 3.05) is 18.7 Å². The first-order valence-electron chi connectivity index (χ1n) is 7.48. The van der Waals surface area contributed by atoms with Crippen LogP contribution in [-0.4, -0.2) is 41.6 Å². The maximum absolute atomic E-state index is 12.6.